The second-order valence-electron chi connectivity index (χ2n) is 9.54. The van der Waals surface area contributed by atoms with Gasteiger partial charge in [-0.2, -0.15) is 0 Å². The Morgan fingerprint density at radius 3 is 2.20 bits per heavy atom. The Morgan fingerprint density at radius 2 is 1.63 bits per heavy atom. The smallest absolute Gasteiger partial charge is 0.407 e. The van der Waals surface area contributed by atoms with E-state index in [1.165, 1.54) is 0 Å². The lowest BCUT2D eigenvalue weighted by atomic mass is 9.98. The summed E-state index contributed by atoms with van der Waals surface area (Å²) in [5.41, 5.74) is 4.21. The number of carboxylic acid groups (broad SMARTS) is 1. The fraction of sp³-hybridized carbons (Fsp3) is 0.423. The number of ether oxygens (including phenoxy) is 1. The van der Waals surface area contributed by atoms with Crippen LogP contribution in [-0.2, 0) is 14.3 Å². The highest BCUT2D eigenvalue weighted by Crippen LogP contribution is 2.55. The minimum absolute atomic E-state index is 0.0479. The minimum atomic E-state index is -3.32. The van der Waals surface area contributed by atoms with Gasteiger partial charge >= 0.3 is 12.1 Å². The van der Waals surface area contributed by atoms with Gasteiger partial charge in [0.2, 0.25) is 5.91 Å². The van der Waals surface area contributed by atoms with Crippen LogP contribution in [0, 0.1) is 17.8 Å². The lowest BCUT2D eigenvalue weighted by molar-refractivity contribution is -0.142. The summed E-state index contributed by atoms with van der Waals surface area (Å²) in [5.74, 6) is -8.57. The lowest BCUT2D eigenvalue weighted by Crippen LogP contribution is -2.42. The van der Waals surface area contributed by atoms with Crippen molar-refractivity contribution in [1.29, 1.82) is 0 Å². The van der Waals surface area contributed by atoms with Crippen molar-refractivity contribution < 1.29 is 33.0 Å². The van der Waals surface area contributed by atoms with Gasteiger partial charge in [0.15, 0.2) is 0 Å². The molecule has 7 nitrogen and oxygen atoms in total. The summed E-state index contributed by atoms with van der Waals surface area (Å²) in [5, 5.41) is 13.8. The number of aliphatic carboxylic acids is 1. The van der Waals surface area contributed by atoms with Gasteiger partial charge in [-0.3, -0.25) is 4.79 Å². The normalized spacial score (nSPS) is 22.5. The van der Waals surface area contributed by atoms with E-state index in [2.05, 4.69) is 10.6 Å². The fourth-order valence-corrected chi connectivity index (χ4v) is 5.01. The van der Waals surface area contributed by atoms with Crippen molar-refractivity contribution in [2.24, 2.45) is 17.8 Å². The molecule has 0 saturated heterocycles. The van der Waals surface area contributed by atoms with Crippen molar-refractivity contribution in [3.63, 3.8) is 0 Å². The van der Waals surface area contributed by atoms with Crippen LogP contribution in [0.3, 0.4) is 0 Å². The molecule has 2 aromatic carbocycles. The van der Waals surface area contributed by atoms with E-state index in [1.807, 2.05) is 48.5 Å². The average molecular weight is 484 g/mol. The van der Waals surface area contributed by atoms with Crippen molar-refractivity contribution in [2.75, 3.05) is 13.2 Å². The summed E-state index contributed by atoms with van der Waals surface area (Å²) < 4.78 is 33.9. The molecule has 0 spiro atoms. The second-order valence-corrected chi connectivity index (χ2v) is 9.54. The number of carbonyl (C=O) groups is 3. The maximum absolute atomic E-state index is 14.2. The molecule has 2 aromatic rings. The predicted molar refractivity (Wildman–Crippen MR) is 122 cm³/mol. The number of carbonyl (C=O) groups excluding carboxylic acids is 2. The number of alkyl halides is 2. The van der Waals surface area contributed by atoms with Crippen molar-refractivity contribution in [1.82, 2.24) is 10.6 Å². The zero-order valence-electron chi connectivity index (χ0n) is 18.9. The first-order valence-corrected chi connectivity index (χ1v) is 11.8. The first-order valence-electron chi connectivity index (χ1n) is 11.8. The molecule has 3 atom stereocenters. The highest BCUT2D eigenvalue weighted by Gasteiger charge is 2.71. The van der Waals surface area contributed by atoms with Crippen molar-refractivity contribution in [3.8, 4) is 11.1 Å². The molecule has 3 aliphatic carbocycles. The van der Waals surface area contributed by atoms with Crippen LogP contribution in [0.25, 0.3) is 11.1 Å². The molecule has 0 radical (unpaired) electrons. The van der Waals surface area contributed by atoms with Crippen molar-refractivity contribution >= 4 is 18.0 Å². The van der Waals surface area contributed by atoms with Gasteiger partial charge in [-0.1, -0.05) is 61.4 Å². The summed E-state index contributed by atoms with van der Waals surface area (Å²) in [6, 6.07) is 14.5. The summed E-state index contributed by atoms with van der Waals surface area (Å²) >= 11 is 0. The Balaban J connectivity index is 1.14. The van der Waals surface area contributed by atoms with Crippen LogP contribution in [0.4, 0.5) is 13.6 Å². The van der Waals surface area contributed by atoms with E-state index in [9.17, 15) is 28.3 Å². The fourth-order valence-electron chi connectivity index (χ4n) is 5.01. The van der Waals surface area contributed by atoms with Gasteiger partial charge in [0, 0.05) is 12.5 Å². The largest absolute Gasteiger partial charge is 0.480 e. The van der Waals surface area contributed by atoms with E-state index < -0.39 is 48.3 Å². The summed E-state index contributed by atoms with van der Waals surface area (Å²) in [4.78, 5) is 36.0. The molecule has 0 heterocycles. The van der Waals surface area contributed by atoms with Crippen LogP contribution in [0.1, 0.15) is 36.3 Å². The number of nitrogens with one attached hydrogen (secondary N) is 2. The third kappa shape index (κ3) is 4.59. The Hall–Kier alpha value is -3.49. The first-order chi connectivity index (χ1) is 16.8. The average Bonchev–Trinajstić information content (AvgIpc) is 3.72. The molecule has 0 unspecified atom stereocenters. The molecule has 0 aromatic heterocycles. The number of hydrogen-bond acceptors (Lipinski definition) is 4. The Labute approximate surface area is 200 Å². The lowest BCUT2D eigenvalue weighted by Gasteiger charge is -2.15. The number of rotatable bonds is 9. The highest BCUT2D eigenvalue weighted by molar-refractivity contribution is 5.88. The van der Waals surface area contributed by atoms with Gasteiger partial charge in [-0.25, -0.2) is 18.4 Å². The molecule has 5 rings (SSSR count). The van der Waals surface area contributed by atoms with E-state index in [0.29, 0.717) is 0 Å². The van der Waals surface area contributed by atoms with Crippen molar-refractivity contribution in [3.05, 3.63) is 59.7 Å². The first kappa shape index (κ1) is 23.3. The van der Waals surface area contributed by atoms with E-state index in [0.717, 1.165) is 35.1 Å². The predicted octanol–water partition coefficient (Wildman–Crippen LogP) is 3.78. The van der Waals surface area contributed by atoms with E-state index >= 15 is 0 Å². The molecule has 9 heteroatoms. The zero-order valence-corrected chi connectivity index (χ0v) is 18.9. The SMILES string of the molecule is O=C(NC[C@H]1[C@@H](C(=O)N[C@@H](CC2CC2)C(=O)O)C1(F)F)OCC1c2ccccc2-c2ccccc21. The number of halogens is 2. The second kappa shape index (κ2) is 8.94. The summed E-state index contributed by atoms with van der Waals surface area (Å²) in [6.45, 7) is -0.394. The number of hydrogen-bond donors (Lipinski definition) is 3. The van der Waals surface area contributed by atoms with Gasteiger partial charge < -0.3 is 20.5 Å². The molecule has 2 amide bonds. The van der Waals surface area contributed by atoms with Crippen LogP contribution in [-0.4, -0.2) is 48.2 Å². The summed E-state index contributed by atoms with van der Waals surface area (Å²) in [6.07, 6.45) is 1.16. The Bertz CT molecular complexity index is 1120. The van der Waals surface area contributed by atoms with Crippen LogP contribution in [0.2, 0.25) is 0 Å². The zero-order chi connectivity index (χ0) is 24.7. The van der Waals surface area contributed by atoms with Crippen LogP contribution in [0.5, 0.6) is 0 Å². The Morgan fingerprint density at radius 1 is 1.03 bits per heavy atom. The molecule has 2 saturated carbocycles. The van der Waals surface area contributed by atoms with E-state index in [4.69, 9.17) is 4.74 Å². The molecular formula is C26H26F2N2O5. The molecule has 3 N–H and O–H groups in total. The quantitative estimate of drug-likeness (QED) is 0.503. The van der Waals surface area contributed by atoms with Gasteiger partial charge in [-0.15, -0.1) is 0 Å². The molecule has 0 bridgehead atoms. The number of benzene rings is 2. The highest BCUT2D eigenvalue weighted by atomic mass is 19.3. The molecule has 0 aliphatic heterocycles. The van der Waals surface area contributed by atoms with E-state index in [1.54, 1.807) is 0 Å². The van der Waals surface area contributed by atoms with E-state index in [-0.39, 0.29) is 24.9 Å². The number of alkyl carbamates (subject to hydrolysis) is 1. The van der Waals surface area contributed by atoms with Crippen LogP contribution < -0.4 is 10.6 Å². The molecular weight excluding hydrogens is 458 g/mol. The number of amides is 2. The maximum Gasteiger partial charge on any atom is 0.407 e. The third-order valence-corrected chi connectivity index (χ3v) is 7.18. The van der Waals surface area contributed by atoms with Crippen LogP contribution >= 0.6 is 0 Å². The van der Waals surface area contributed by atoms with Gasteiger partial charge in [0.1, 0.15) is 18.6 Å². The molecule has 35 heavy (non-hydrogen) atoms. The van der Waals surface area contributed by atoms with Gasteiger partial charge in [0.05, 0.1) is 5.92 Å². The molecule has 184 valence electrons. The monoisotopic (exact) mass is 484 g/mol. The molecule has 3 aliphatic rings. The topological polar surface area (TPSA) is 105 Å². The minimum Gasteiger partial charge on any atom is -0.480 e. The summed E-state index contributed by atoms with van der Waals surface area (Å²) in [7, 11) is 0. The van der Waals surface area contributed by atoms with Crippen molar-refractivity contribution in [2.45, 2.75) is 37.1 Å². The Kier molecular flexibility index (Phi) is 5.94. The number of carboxylic acids is 1. The van der Waals surface area contributed by atoms with Gasteiger partial charge in [0.25, 0.3) is 5.92 Å². The number of fused-ring (bicyclic) bond motifs is 3. The maximum atomic E-state index is 14.2. The van der Waals surface area contributed by atoms with Gasteiger partial charge in [-0.05, 0) is 34.6 Å². The standard InChI is InChI=1S/C26H26F2N2O5/c27-26(28)20(22(26)23(31)30-21(24(32)33)11-14-9-10-14)12-29-25(34)35-13-19-17-7-3-1-5-15(17)16-6-2-4-8-18(16)19/h1-8,14,19-22H,9-13H2,(H,29,34)(H,30,31)(H,32,33)/t20-,21-,22-/m0/s1. The van der Waals surface area contributed by atoms with Crippen LogP contribution in [0.15, 0.2) is 48.5 Å². The molecule has 2 fully saturated rings. The third-order valence-electron chi connectivity index (χ3n) is 7.18.